The van der Waals surface area contributed by atoms with E-state index in [1.54, 1.807) is 13.0 Å². The molecule has 2 rings (SSSR count). The first-order chi connectivity index (χ1) is 8.09. The number of hydrogen-bond acceptors (Lipinski definition) is 3. The number of fused-ring (bicyclic) bond motifs is 1. The smallest absolute Gasteiger partial charge is 0.237 e. The van der Waals surface area contributed by atoms with E-state index < -0.39 is 6.04 Å². The number of benzene rings is 1. The maximum atomic E-state index is 11.6. The highest BCUT2D eigenvalue weighted by Gasteiger charge is 2.25. The lowest BCUT2D eigenvalue weighted by Crippen LogP contribution is -2.41. The number of amides is 1. The third-order valence-corrected chi connectivity index (χ3v) is 3.05. The van der Waals surface area contributed by atoms with E-state index in [9.17, 15) is 4.79 Å². The van der Waals surface area contributed by atoms with Crippen molar-refractivity contribution in [1.82, 2.24) is 5.32 Å². The van der Waals surface area contributed by atoms with Gasteiger partial charge in [0, 0.05) is 12.0 Å². The highest BCUT2D eigenvalue weighted by atomic mass is 35.5. The van der Waals surface area contributed by atoms with Gasteiger partial charge in [0.2, 0.25) is 5.91 Å². The molecule has 1 aromatic carbocycles. The van der Waals surface area contributed by atoms with Gasteiger partial charge in [-0.1, -0.05) is 23.7 Å². The van der Waals surface area contributed by atoms with Crippen LogP contribution in [0.25, 0.3) is 0 Å². The summed E-state index contributed by atoms with van der Waals surface area (Å²) in [6, 6.07) is 4.94. The molecule has 1 aromatic rings. The molecule has 0 saturated heterocycles. The normalized spacial score (nSPS) is 18.9. The van der Waals surface area contributed by atoms with Crippen LogP contribution in [0.1, 0.15) is 24.9 Å². The molecule has 0 saturated carbocycles. The van der Waals surface area contributed by atoms with Crippen molar-refractivity contribution in [3.05, 3.63) is 28.8 Å². The quantitative estimate of drug-likeness (QED) is 0.876. The fraction of sp³-hybridized carbons (Fsp3) is 0.417. The molecule has 1 aliphatic rings. The van der Waals surface area contributed by atoms with Gasteiger partial charge in [-0.2, -0.15) is 0 Å². The first-order valence-electron chi connectivity index (χ1n) is 5.56. The fourth-order valence-corrected chi connectivity index (χ4v) is 2.08. The maximum Gasteiger partial charge on any atom is 0.237 e. The molecule has 1 unspecified atom stereocenters. The number of halogens is 2. The third kappa shape index (κ3) is 3.07. The van der Waals surface area contributed by atoms with Gasteiger partial charge in [0.15, 0.2) is 0 Å². The summed E-state index contributed by atoms with van der Waals surface area (Å²) in [5, 5.41) is 3.47. The Kier molecular flexibility index (Phi) is 5.26. The number of hydrogen-bond donors (Lipinski definition) is 2. The average Bonchev–Trinajstić information content (AvgIpc) is 2.30. The summed E-state index contributed by atoms with van der Waals surface area (Å²) in [5.41, 5.74) is 6.45. The number of rotatable bonds is 2. The van der Waals surface area contributed by atoms with E-state index in [4.69, 9.17) is 22.1 Å². The number of carbonyl (C=O) groups excluding carboxylic acids is 1. The highest BCUT2D eigenvalue weighted by molar-refractivity contribution is 6.32. The van der Waals surface area contributed by atoms with Gasteiger partial charge in [0.05, 0.1) is 23.7 Å². The second kappa shape index (κ2) is 6.27. The zero-order chi connectivity index (χ0) is 12.4. The van der Waals surface area contributed by atoms with Crippen LogP contribution in [0.3, 0.4) is 0 Å². The van der Waals surface area contributed by atoms with E-state index in [0.717, 1.165) is 12.0 Å². The molecule has 0 aromatic heterocycles. The molecule has 2 atom stereocenters. The molecule has 0 bridgehead atoms. The van der Waals surface area contributed by atoms with E-state index in [-0.39, 0.29) is 24.4 Å². The third-order valence-electron chi connectivity index (χ3n) is 2.76. The van der Waals surface area contributed by atoms with Crippen molar-refractivity contribution in [2.24, 2.45) is 5.73 Å². The van der Waals surface area contributed by atoms with Gasteiger partial charge in [-0.15, -0.1) is 12.4 Å². The summed E-state index contributed by atoms with van der Waals surface area (Å²) in [7, 11) is 0. The largest absolute Gasteiger partial charge is 0.492 e. The molecule has 6 heteroatoms. The molecule has 1 heterocycles. The van der Waals surface area contributed by atoms with Gasteiger partial charge in [-0.25, -0.2) is 0 Å². The lowest BCUT2D eigenvalue weighted by Gasteiger charge is -2.27. The molecule has 18 heavy (non-hydrogen) atoms. The van der Waals surface area contributed by atoms with Crippen LogP contribution in [0.5, 0.6) is 5.75 Å². The van der Waals surface area contributed by atoms with Gasteiger partial charge in [0.25, 0.3) is 0 Å². The molecular weight excluding hydrogens is 275 g/mol. The predicted molar refractivity (Wildman–Crippen MR) is 73.3 cm³/mol. The Balaban J connectivity index is 0.00000162. The van der Waals surface area contributed by atoms with E-state index in [1.165, 1.54) is 0 Å². The molecule has 0 radical (unpaired) electrons. The number of nitrogens with one attached hydrogen (secondary N) is 1. The second-order valence-corrected chi connectivity index (χ2v) is 4.55. The van der Waals surface area contributed by atoms with Crippen molar-refractivity contribution in [2.45, 2.75) is 25.4 Å². The molecule has 1 aliphatic heterocycles. The van der Waals surface area contributed by atoms with E-state index in [0.29, 0.717) is 17.4 Å². The molecule has 3 N–H and O–H groups in total. The summed E-state index contributed by atoms with van der Waals surface area (Å²) < 4.78 is 5.51. The number of ether oxygens (including phenoxy) is 1. The molecule has 4 nitrogen and oxygen atoms in total. The fourth-order valence-electron chi connectivity index (χ4n) is 1.84. The zero-order valence-corrected chi connectivity index (χ0v) is 11.6. The first-order valence-corrected chi connectivity index (χ1v) is 5.94. The van der Waals surface area contributed by atoms with Crippen molar-refractivity contribution in [1.29, 1.82) is 0 Å². The van der Waals surface area contributed by atoms with Crippen molar-refractivity contribution in [3.63, 3.8) is 0 Å². The lowest BCUT2D eigenvalue weighted by molar-refractivity contribution is -0.122. The Morgan fingerprint density at radius 2 is 2.33 bits per heavy atom. The van der Waals surface area contributed by atoms with Crippen LogP contribution in [-0.2, 0) is 4.79 Å². The van der Waals surface area contributed by atoms with E-state index in [1.807, 2.05) is 12.1 Å². The molecular formula is C12H16Cl2N2O2. The minimum absolute atomic E-state index is 0. The van der Waals surface area contributed by atoms with Crippen LogP contribution >= 0.6 is 24.0 Å². The van der Waals surface area contributed by atoms with Crippen LogP contribution < -0.4 is 15.8 Å². The summed E-state index contributed by atoms with van der Waals surface area (Å²) in [5.74, 6) is 0.498. The number of carbonyl (C=O) groups is 1. The Bertz CT molecular complexity index is 438. The molecule has 0 fully saturated rings. The van der Waals surface area contributed by atoms with Crippen molar-refractivity contribution in [2.75, 3.05) is 6.61 Å². The predicted octanol–water partition coefficient (Wildman–Crippen LogP) is 2.05. The Morgan fingerprint density at radius 3 is 3.00 bits per heavy atom. The minimum Gasteiger partial charge on any atom is -0.492 e. The number of nitrogens with two attached hydrogens (primary N) is 1. The summed E-state index contributed by atoms with van der Waals surface area (Å²) >= 11 is 6.04. The summed E-state index contributed by atoms with van der Waals surface area (Å²) in [6.07, 6.45) is 0.728. The van der Waals surface area contributed by atoms with E-state index >= 15 is 0 Å². The topological polar surface area (TPSA) is 64.4 Å². The Morgan fingerprint density at radius 1 is 1.61 bits per heavy atom. The summed E-state index contributed by atoms with van der Waals surface area (Å²) in [4.78, 5) is 11.6. The Labute approximate surface area is 117 Å². The highest BCUT2D eigenvalue weighted by Crippen LogP contribution is 2.37. The van der Waals surface area contributed by atoms with Gasteiger partial charge >= 0.3 is 0 Å². The van der Waals surface area contributed by atoms with Crippen LogP contribution in [-0.4, -0.2) is 18.6 Å². The van der Waals surface area contributed by atoms with Crippen LogP contribution in [0, 0.1) is 0 Å². The molecule has 1 amide bonds. The zero-order valence-electron chi connectivity index (χ0n) is 9.98. The van der Waals surface area contributed by atoms with Gasteiger partial charge in [-0.3, -0.25) is 4.79 Å². The molecule has 0 spiro atoms. The van der Waals surface area contributed by atoms with Gasteiger partial charge in [0.1, 0.15) is 5.75 Å². The van der Waals surface area contributed by atoms with Gasteiger partial charge < -0.3 is 15.8 Å². The SMILES string of the molecule is C[C@H](N)C(=O)NC1CCOc2c(Cl)cccc21.Cl. The van der Waals surface area contributed by atoms with Gasteiger partial charge in [-0.05, 0) is 13.0 Å². The van der Waals surface area contributed by atoms with E-state index in [2.05, 4.69) is 5.32 Å². The first kappa shape index (κ1) is 15.1. The second-order valence-electron chi connectivity index (χ2n) is 4.15. The average molecular weight is 291 g/mol. The maximum absolute atomic E-state index is 11.6. The standard InChI is InChI=1S/C12H15ClN2O2.ClH/c1-7(14)12(16)15-10-5-6-17-11-8(10)3-2-4-9(11)13;/h2-4,7,10H,5-6,14H2,1H3,(H,15,16);1H/t7-,10?;/m0./s1. The van der Waals surface area contributed by atoms with Crippen molar-refractivity contribution >= 4 is 29.9 Å². The monoisotopic (exact) mass is 290 g/mol. The van der Waals surface area contributed by atoms with Crippen LogP contribution in [0.4, 0.5) is 0 Å². The van der Waals surface area contributed by atoms with Crippen LogP contribution in [0.15, 0.2) is 18.2 Å². The summed E-state index contributed by atoms with van der Waals surface area (Å²) in [6.45, 7) is 2.20. The molecule has 0 aliphatic carbocycles. The minimum atomic E-state index is -0.513. The Hall–Kier alpha value is -0.970. The van der Waals surface area contributed by atoms with Crippen molar-refractivity contribution < 1.29 is 9.53 Å². The van der Waals surface area contributed by atoms with Crippen LogP contribution in [0.2, 0.25) is 5.02 Å². The lowest BCUT2D eigenvalue weighted by atomic mass is 10.0. The van der Waals surface area contributed by atoms with Crippen molar-refractivity contribution in [3.8, 4) is 5.75 Å². The number of para-hydroxylation sites is 1. The molecule has 100 valence electrons.